The van der Waals surface area contributed by atoms with Crippen molar-refractivity contribution in [3.8, 4) is 0 Å². The SMILES string of the molecule is CCC(CC)C(NC(C)=O)[C@@H]1C=C(C(=O)O)C[C@H]1N=C(N)N. The van der Waals surface area contributed by atoms with E-state index in [2.05, 4.69) is 24.2 Å². The molecule has 0 aromatic carbocycles. The molecule has 124 valence electrons. The minimum atomic E-state index is -0.968. The Hall–Kier alpha value is -2.05. The second-order valence-corrected chi connectivity index (χ2v) is 5.70. The van der Waals surface area contributed by atoms with E-state index < -0.39 is 5.97 Å². The zero-order valence-electron chi connectivity index (χ0n) is 13.4. The van der Waals surface area contributed by atoms with Crippen LogP contribution in [-0.2, 0) is 9.59 Å². The summed E-state index contributed by atoms with van der Waals surface area (Å²) in [5, 5.41) is 12.2. The standard InChI is InChI=1S/C15H26N4O3/c1-4-9(5-2)13(18-8(3)20)11-6-10(14(21)22)7-12(11)19-15(16)17/h6,9,11-13H,4-5,7H2,1-3H3,(H,18,20)(H,21,22)(H4,16,17,19)/t11-,12-,13?/m1/s1. The Morgan fingerprint density at radius 1 is 1.41 bits per heavy atom. The van der Waals surface area contributed by atoms with E-state index in [1.54, 1.807) is 6.08 Å². The minimum absolute atomic E-state index is 0.0684. The molecule has 22 heavy (non-hydrogen) atoms. The van der Waals surface area contributed by atoms with Crippen LogP contribution in [0.25, 0.3) is 0 Å². The summed E-state index contributed by atoms with van der Waals surface area (Å²) >= 11 is 0. The van der Waals surface area contributed by atoms with Crippen LogP contribution in [0, 0.1) is 11.8 Å². The number of aliphatic carboxylic acids is 1. The molecule has 0 fully saturated rings. The zero-order valence-corrected chi connectivity index (χ0v) is 13.4. The predicted octanol–water partition coefficient (Wildman–Crippen LogP) is 0.600. The molecule has 6 N–H and O–H groups in total. The van der Waals surface area contributed by atoms with Gasteiger partial charge >= 0.3 is 5.97 Å². The first-order valence-corrected chi connectivity index (χ1v) is 7.59. The summed E-state index contributed by atoms with van der Waals surface area (Å²) in [6.45, 7) is 5.56. The highest BCUT2D eigenvalue weighted by molar-refractivity contribution is 5.87. The summed E-state index contributed by atoms with van der Waals surface area (Å²) in [4.78, 5) is 27.0. The van der Waals surface area contributed by atoms with Gasteiger partial charge in [-0.2, -0.15) is 0 Å². The molecule has 3 atom stereocenters. The van der Waals surface area contributed by atoms with Crippen LogP contribution in [0.1, 0.15) is 40.0 Å². The normalized spacial score (nSPS) is 22.1. The molecular formula is C15H26N4O3. The molecule has 0 aromatic rings. The van der Waals surface area contributed by atoms with Crippen LogP contribution in [-0.4, -0.2) is 35.0 Å². The molecule has 7 heteroatoms. The van der Waals surface area contributed by atoms with Gasteiger partial charge in [-0.3, -0.25) is 4.79 Å². The number of carbonyl (C=O) groups excluding carboxylic acids is 1. The van der Waals surface area contributed by atoms with Crippen LogP contribution >= 0.6 is 0 Å². The number of hydrogen-bond donors (Lipinski definition) is 4. The van der Waals surface area contributed by atoms with E-state index in [9.17, 15) is 14.7 Å². The van der Waals surface area contributed by atoms with Gasteiger partial charge in [-0.15, -0.1) is 0 Å². The van der Waals surface area contributed by atoms with E-state index in [0.717, 1.165) is 12.8 Å². The van der Waals surface area contributed by atoms with Crippen LogP contribution < -0.4 is 16.8 Å². The maximum Gasteiger partial charge on any atom is 0.331 e. The van der Waals surface area contributed by atoms with Crippen molar-refractivity contribution in [2.45, 2.75) is 52.1 Å². The molecule has 1 unspecified atom stereocenters. The van der Waals surface area contributed by atoms with E-state index in [0.29, 0.717) is 5.57 Å². The third-order valence-electron chi connectivity index (χ3n) is 4.20. The number of nitrogens with two attached hydrogens (primary N) is 2. The smallest absolute Gasteiger partial charge is 0.331 e. The Bertz CT molecular complexity index is 479. The maximum absolute atomic E-state index is 11.6. The molecule has 0 aliphatic heterocycles. The van der Waals surface area contributed by atoms with E-state index >= 15 is 0 Å². The first-order valence-electron chi connectivity index (χ1n) is 7.59. The fourth-order valence-corrected chi connectivity index (χ4v) is 3.16. The molecule has 0 spiro atoms. The van der Waals surface area contributed by atoms with Crippen molar-refractivity contribution >= 4 is 17.8 Å². The lowest BCUT2D eigenvalue weighted by molar-refractivity contribution is -0.132. The summed E-state index contributed by atoms with van der Waals surface area (Å²) in [6, 6.07) is -0.536. The number of rotatable bonds is 7. The summed E-state index contributed by atoms with van der Waals surface area (Å²) < 4.78 is 0. The predicted molar refractivity (Wildman–Crippen MR) is 85.1 cm³/mol. The van der Waals surface area contributed by atoms with Crippen molar-refractivity contribution in [1.82, 2.24) is 5.32 Å². The van der Waals surface area contributed by atoms with Crippen molar-refractivity contribution < 1.29 is 14.7 Å². The van der Waals surface area contributed by atoms with E-state index in [-0.39, 0.29) is 42.2 Å². The number of guanidine groups is 1. The minimum Gasteiger partial charge on any atom is -0.478 e. The lowest BCUT2D eigenvalue weighted by Gasteiger charge is -2.32. The van der Waals surface area contributed by atoms with Gasteiger partial charge in [-0.25, -0.2) is 9.79 Å². The second-order valence-electron chi connectivity index (χ2n) is 5.70. The fraction of sp³-hybridized carbons (Fsp3) is 0.667. The number of nitrogens with one attached hydrogen (secondary N) is 1. The third-order valence-corrected chi connectivity index (χ3v) is 4.20. The monoisotopic (exact) mass is 310 g/mol. The highest BCUT2D eigenvalue weighted by Gasteiger charge is 2.38. The first-order chi connectivity index (χ1) is 10.3. The van der Waals surface area contributed by atoms with Gasteiger partial charge in [0.15, 0.2) is 5.96 Å². The lowest BCUT2D eigenvalue weighted by Crippen LogP contribution is -2.46. The lowest BCUT2D eigenvalue weighted by atomic mass is 9.82. The highest BCUT2D eigenvalue weighted by atomic mass is 16.4. The summed E-state index contributed by atoms with van der Waals surface area (Å²) in [7, 11) is 0. The van der Waals surface area contributed by atoms with Crippen LogP contribution in [0.3, 0.4) is 0 Å². The quantitative estimate of drug-likeness (QED) is 0.404. The number of nitrogens with zero attached hydrogens (tertiary/aromatic N) is 1. The molecule has 1 rings (SSSR count). The van der Waals surface area contributed by atoms with Gasteiger partial charge in [0.2, 0.25) is 5.91 Å². The van der Waals surface area contributed by atoms with Crippen molar-refractivity contribution in [3.05, 3.63) is 11.6 Å². The number of carbonyl (C=O) groups is 2. The summed E-state index contributed by atoms with van der Waals surface area (Å²) in [5.41, 5.74) is 11.2. The average Bonchev–Trinajstić information content (AvgIpc) is 2.81. The Morgan fingerprint density at radius 2 is 2.00 bits per heavy atom. The molecule has 1 aliphatic rings. The molecule has 0 aromatic heterocycles. The Balaban J connectivity index is 3.17. The van der Waals surface area contributed by atoms with Crippen LogP contribution in [0.5, 0.6) is 0 Å². The number of carboxylic acid groups (broad SMARTS) is 1. The van der Waals surface area contributed by atoms with E-state index in [4.69, 9.17) is 11.5 Å². The van der Waals surface area contributed by atoms with Crippen LogP contribution in [0.2, 0.25) is 0 Å². The molecule has 1 amide bonds. The van der Waals surface area contributed by atoms with Crippen molar-refractivity contribution in [2.75, 3.05) is 0 Å². The van der Waals surface area contributed by atoms with Gasteiger partial charge in [-0.1, -0.05) is 32.8 Å². The second kappa shape index (κ2) is 7.82. The van der Waals surface area contributed by atoms with Gasteiger partial charge in [0, 0.05) is 30.9 Å². The third kappa shape index (κ3) is 4.47. The van der Waals surface area contributed by atoms with Gasteiger partial charge in [0.1, 0.15) is 0 Å². The highest BCUT2D eigenvalue weighted by Crippen LogP contribution is 2.34. The summed E-state index contributed by atoms with van der Waals surface area (Å²) in [5.74, 6) is -1.17. The largest absolute Gasteiger partial charge is 0.478 e. The van der Waals surface area contributed by atoms with Crippen molar-refractivity contribution in [1.29, 1.82) is 0 Å². The van der Waals surface area contributed by atoms with Crippen LogP contribution in [0.4, 0.5) is 0 Å². The number of aliphatic imine (C=N–C) groups is 1. The Morgan fingerprint density at radius 3 is 2.41 bits per heavy atom. The molecule has 7 nitrogen and oxygen atoms in total. The maximum atomic E-state index is 11.6. The van der Waals surface area contributed by atoms with Gasteiger partial charge in [-0.05, 0) is 5.92 Å². The van der Waals surface area contributed by atoms with Gasteiger partial charge in [0.05, 0.1) is 6.04 Å². The molecule has 1 aliphatic carbocycles. The van der Waals surface area contributed by atoms with Crippen molar-refractivity contribution in [2.24, 2.45) is 28.3 Å². The first kappa shape index (κ1) is 18.0. The number of hydrogen-bond acceptors (Lipinski definition) is 3. The molecule has 0 bridgehead atoms. The fourth-order valence-electron chi connectivity index (χ4n) is 3.16. The Labute approximate surface area is 130 Å². The topological polar surface area (TPSA) is 131 Å². The van der Waals surface area contributed by atoms with Gasteiger partial charge in [0.25, 0.3) is 0 Å². The molecule has 0 heterocycles. The summed E-state index contributed by atoms with van der Waals surface area (Å²) in [6.07, 6.45) is 3.72. The van der Waals surface area contributed by atoms with E-state index in [1.165, 1.54) is 6.92 Å². The number of amides is 1. The van der Waals surface area contributed by atoms with E-state index in [1.807, 2.05) is 0 Å². The van der Waals surface area contributed by atoms with Crippen LogP contribution in [0.15, 0.2) is 16.6 Å². The molecule has 0 radical (unpaired) electrons. The molecule has 0 saturated heterocycles. The average molecular weight is 310 g/mol. The zero-order chi connectivity index (χ0) is 16.9. The number of carboxylic acids is 1. The molecule has 0 saturated carbocycles. The van der Waals surface area contributed by atoms with Crippen molar-refractivity contribution in [3.63, 3.8) is 0 Å². The van der Waals surface area contributed by atoms with Gasteiger partial charge < -0.3 is 21.9 Å². The Kier molecular flexibility index (Phi) is 6.39. The molecular weight excluding hydrogens is 284 g/mol.